The van der Waals surface area contributed by atoms with Gasteiger partial charge in [-0.15, -0.1) is 0 Å². The van der Waals surface area contributed by atoms with Crippen LogP contribution >= 0.6 is 11.6 Å². The number of aromatic nitrogens is 1. The van der Waals surface area contributed by atoms with Crippen LogP contribution < -0.4 is 5.01 Å². The van der Waals surface area contributed by atoms with Crippen LogP contribution in [-0.2, 0) is 4.79 Å². The second-order valence-electron chi connectivity index (χ2n) is 7.33. The van der Waals surface area contributed by atoms with E-state index in [4.69, 9.17) is 11.6 Å². The summed E-state index contributed by atoms with van der Waals surface area (Å²) in [5.74, 6) is -1.22. The predicted molar refractivity (Wildman–Crippen MR) is 122 cm³/mol. The highest BCUT2D eigenvalue weighted by Gasteiger charge is 2.29. The molecule has 0 bridgehead atoms. The van der Waals surface area contributed by atoms with E-state index >= 15 is 0 Å². The third kappa shape index (κ3) is 3.66. The fourth-order valence-corrected chi connectivity index (χ4v) is 3.91. The van der Waals surface area contributed by atoms with Crippen molar-refractivity contribution < 1.29 is 14.7 Å². The summed E-state index contributed by atoms with van der Waals surface area (Å²) < 4.78 is 1.89. The van der Waals surface area contributed by atoms with Crippen LogP contribution in [0, 0.1) is 13.8 Å². The first-order valence-corrected chi connectivity index (χ1v) is 10.0. The molecular formula is C24H20ClN3O3. The van der Waals surface area contributed by atoms with Gasteiger partial charge in [-0.2, -0.15) is 10.1 Å². The summed E-state index contributed by atoms with van der Waals surface area (Å²) in [5.41, 5.74) is 5.12. The predicted octanol–water partition coefficient (Wildman–Crippen LogP) is 5.25. The van der Waals surface area contributed by atoms with Crippen LogP contribution in [0.15, 0.2) is 65.3 Å². The van der Waals surface area contributed by atoms with Crippen LogP contribution in [0.2, 0.25) is 5.02 Å². The fraction of sp³-hybridized carbons (Fsp3) is 0.125. The molecule has 0 radical (unpaired) electrons. The van der Waals surface area contributed by atoms with Gasteiger partial charge < -0.3 is 9.67 Å². The number of anilines is 1. The summed E-state index contributed by atoms with van der Waals surface area (Å²) in [5, 5.41) is 15.6. The number of hydrogen-bond acceptors (Lipinski definition) is 3. The van der Waals surface area contributed by atoms with Crippen LogP contribution in [0.3, 0.4) is 0 Å². The lowest BCUT2D eigenvalue weighted by Crippen LogP contribution is -2.21. The Morgan fingerprint density at radius 3 is 2.45 bits per heavy atom. The van der Waals surface area contributed by atoms with E-state index < -0.39 is 5.97 Å². The van der Waals surface area contributed by atoms with Crippen molar-refractivity contribution >= 4 is 41.0 Å². The van der Waals surface area contributed by atoms with E-state index in [0.29, 0.717) is 27.7 Å². The molecule has 2 aromatic carbocycles. The minimum Gasteiger partial charge on any atom is -0.478 e. The first-order chi connectivity index (χ1) is 14.8. The van der Waals surface area contributed by atoms with E-state index in [2.05, 4.69) is 5.10 Å². The van der Waals surface area contributed by atoms with Gasteiger partial charge in [0.05, 0.1) is 33.2 Å². The van der Waals surface area contributed by atoms with E-state index in [1.807, 2.05) is 60.9 Å². The molecular weight excluding hydrogens is 414 g/mol. The highest BCUT2D eigenvalue weighted by Crippen LogP contribution is 2.30. The second-order valence-corrected chi connectivity index (χ2v) is 7.74. The molecule has 4 rings (SSSR count). The number of halogens is 1. The monoisotopic (exact) mass is 433 g/mol. The van der Waals surface area contributed by atoms with E-state index in [1.165, 1.54) is 11.1 Å². The van der Waals surface area contributed by atoms with Gasteiger partial charge in [0.2, 0.25) is 0 Å². The highest BCUT2D eigenvalue weighted by molar-refractivity contribution is 6.33. The third-order valence-corrected chi connectivity index (χ3v) is 5.59. The van der Waals surface area contributed by atoms with E-state index in [0.717, 1.165) is 17.0 Å². The number of nitrogens with zero attached hydrogens (tertiary/aromatic N) is 3. The zero-order chi connectivity index (χ0) is 22.3. The molecule has 31 heavy (non-hydrogen) atoms. The zero-order valence-corrected chi connectivity index (χ0v) is 18.0. The average Bonchev–Trinajstić information content (AvgIpc) is 3.18. The Bertz CT molecular complexity index is 1270. The summed E-state index contributed by atoms with van der Waals surface area (Å²) in [6.45, 7) is 5.62. The Morgan fingerprint density at radius 1 is 1.06 bits per heavy atom. The molecule has 0 saturated heterocycles. The molecule has 1 aliphatic heterocycles. The second kappa shape index (κ2) is 7.89. The topological polar surface area (TPSA) is 74.9 Å². The molecule has 6 nitrogen and oxygen atoms in total. The van der Waals surface area contributed by atoms with Gasteiger partial charge in [-0.3, -0.25) is 4.79 Å². The fourth-order valence-electron chi connectivity index (χ4n) is 3.71. The zero-order valence-electron chi connectivity index (χ0n) is 17.3. The SMILES string of the molecule is CC1=NN(c2ccccc2)C(=O)/C1=C/c1cc(C)n(-c2cc(C(=O)O)ccc2Cl)c1C. The first kappa shape index (κ1) is 20.6. The van der Waals surface area contributed by atoms with Gasteiger partial charge in [-0.1, -0.05) is 29.8 Å². The van der Waals surface area contributed by atoms with Gasteiger partial charge >= 0.3 is 5.97 Å². The van der Waals surface area contributed by atoms with Crippen LogP contribution in [0.1, 0.15) is 34.2 Å². The van der Waals surface area contributed by atoms with Crippen molar-refractivity contribution in [2.45, 2.75) is 20.8 Å². The van der Waals surface area contributed by atoms with Gasteiger partial charge in [0.15, 0.2) is 0 Å². The maximum Gasteiger partial charge on any atom is 0.335 e. The molecule has 156 valence electrons. The minimum atomic E-state index is -1.02. The number of carboxylic acids is 1. The molecule has 2 heterocycles. The standard InChI is InChI=1S/C24H20ClN3O3/c1-14-11-18(16(3)27(14)22-13-17(24(30)31)9-10-21(22)25)12-20-15(2)26-28(23(20)29)19-7-5-4-6-8-19/h4-13H,1-3H3,(H,30,31)/b20-12+. The quantitative estimate of drug-likeness (QED) is 0.571. The summed E-state index contributed by atoms with van der Waals surface area (Å²) in [4.78, 5) is 24.4. The Kier molecular flexibility index (Phi) is 5.25. The third-order valence-electron chi connectivity index (χ3n) is 5.27. The number of benzene rings is 2. The smallest absolute Gasteiger partial charge is 0.335 e. The first-order valence-electron chi connectivity index (χ1n) is 9.67. The van der Waals surface area contributed by atoms with Crippen LogP contribution in [-0.4, -0.2) is 27.3 Å². The van der Waals surface area contributed by atoms with Gasteiger partial charge in [0.1, 0.15) is 0 Å². The molecule has 0 atom stereocenters. The maximum atomic E-state index is 13.0. The molecule has 1 N–H and O–H groups in total. The van der Waals surface area contributed by atoms with Crippen molar-refractivity contribution in [3.63, 3.8) is 0 Å². The van der Waals surface area contributed by atoms with Crippen LogP contribution in [0.4, 0.5) is 5.69 Å². The number of amides is 1. The number of para-hydroxylation sites is 1. The van der Waals surface area contributed by atoms with Gasteiger partial charge in [0.25, 0.3) is 5.91 Å². The molecule has 1 aromatic heterocycles. The lowest BCUT2D eigenvalue weighted by Gasteiger charge is -2.13. The molecule has 1 amide bonds. The Morgan fingerprint density at radius 2 is 1.77 bits per heavy atom. The molecule has 0 fully saturated rings. The van der Waals surface area contributed by atoms with Crippen molar-refractivity contribution in [3.8, 4) is 5.69 Å². The number of aryl methyl sites for hydroxylation is 1. The summed E-state index contributed by atoms with van der Waals surface area (Å²) >= 11 is 6.38. The molecule has 3 aromatic rings. The average molecular weight is 434 g/mol. The minimum absolute atomic E-state index is 0.152. The molecule has 0 unspecified atom stereocenters. The van der Waals surface area contributed by atoms with Crippen molar-refractivity contribution in [2.75, 3.05) is 5.01 Å². The molecule has 1 aliphatic rings. The van der Waals surface area contributed by atoms with Crippen LogP contribution in [0.25, 0.3) is 11.8 Å². The number of aromatic carboxylic acids is 1. The van der Waals surface area contributed by atoms with Crippen molar-refractivity contribution in [1.82, 2.24) is 4.57 Å². The maximum absolute atomic E-state index is 13.0. The molecule has 0 aliphatic carbocycles. The van der Waals surface area contributed by atoms with Crippen molar-refractivity contribution in [2.24, 2.45) is 5.10 Å². The van der Waals surface area contributed by atoms with Crippen molar-refractivity contribution in [3.05, 3.63) is 87.7 Å². The van der Waals surface area contributed by atoms with Gasteiger partial charge in [0, 0.05) is 11.4 Å². The Balaban J connectivity index is 1.76. The van der Waals surface area contributed by atoms with E-state index in [9.17, 15) is 14.7 Å². The van der Waals surface area contributed by atoms with Gasteiger partial charge in [-0.05, 0) is 68.8 Å². The Labute approximate surface area is 184 Å². The lowest BCUT2D eigenvalue weighted by atomic mass is 10.1. The summed E-state index contributed by atoms with van der Waals surface area (Å²) in [6.07, 6.45) is 1.82. The highest BCUT2D eigenvalue weighted by atomic mass is 35.5. The molecule has 7 heteroatoms. The largest absolute Gasteiger partial charge is 0.478 e. The van der Waals surface area contributed by atoms with Crippen LogP contribution in [0.5, 0.6) is 0 Å². The normalized spacial score (nSPS) is 15.0. The number of carbonyl (C=O) groups excluding carboxylic acids is 1. The summed E-state index contributed by atoms with van der Waals surface area (Å²) in [7, 11) is 0. The Hall–Kier alpha value is -3.64. The number of hydrogen-bond donors (Lipinski definition) is 1. The lowest BCUT2D eigenvalue weighted by molar-refractivity contribution is -0.114. The molecule has 0 spiro atoms. The molecule has 0 saturated carbocycles. The number of carboxylic acid groups (broad SMARTS) is 1. The summed E-state index contributed by atoms with van der Waals surface area (Å²) in [6, 6.07) is 15.8. The van der Waals surface area contributed by atoms with E-state index in [1.54, 1.807) is 19.1 Å². The number of carbonyl (C=O) groups is 2. The van der Waals surface area contributed by atoms with E-state index in [-0.39, 0.29) is 11.5 Å². The number of rotatable bonds is 4. The van der Waals surface area contributed by atoms with Crippen molar-refractivity contribution in [1.29, 1.82) is 0 Å². The number of hydrazone groups is 1. The van der Waals surface area contributed by atoms with Gasteiger partial charge in [-0.25, -0.2) is 4.79 Å².